The van der Waals surface area contributed by atoms with Crippen LogP contribution >= 0.6 is 0 Å². The van der Waals surface area contributed by atoms with Gasteiger partial charge in [0, 0.05) is 19.3 Å². The fourth-order valence-corrected chi connectivity index (χ4v) is 6.61. The van der Waals surface area contributed by atoms with Crippen molar-refractivity contribution in [1.82, 2.24) is 0 Å². The van der Waals surface area contributed by atoms with E-state index in [1.165, 1.54) is 89.9 Å². The lowest BCUT2D eigenvalue weighted by Crippen LogP contribution is -2.55. The molecule has 2 atom stereocenters. The number of carboxylic acids is 1. The van der Waals surface area contributed by atoms with Crippen molar-refractivity contribution in [2.75, 3.05) is 41.0 Å². The van der Waals surface area contributed by atoms with Crippen LogP contribution in [0.25, 0.3) is 0 Å². The van der Waals surface area contributed by atoms with Gasteiger partial charge in [0.2, 0.25) is 0 Å². The van der Waals surface area contributed by atoms with Crippen LogP contribution in [-0.2, 0) is 28.6 Å². The SMILES string of the molecule is CC/C=C/C=C/C=C/C=C/CCCCCCCC(=O)OC(COCCC(C(=O)[O-])[N+](C)(C)C)COC(=O)CCCCCCCCC/C=C/CCCCCCCCCC. The van der Waals surface area contributed by atoms with E-state index >= 15 is 0 Å². The normalized spacial score (nSPS) is 13.5. The summed E-state index contributed by atoms with van der Waals surface area (Å²) in [6.45, 7) is 4.49. The third kappa shape index (κ3) is 38.5. The molecule has 0 N–H and O–H groups in total. The molecule has 58 heavy (non-hydrogen) atoms. The fraction of sp³-hybridized carbons (Fsp3) is 0.740. The standard InChI is InChI=1S/C50H87NO7/c1-6-8-10-12-14-16-18-20-22-23-24-25-27-28-30-32-34-36-38-40-48(52)57-45-46(44-56-43-42-47(50(54)55)51(3,4)5)58-49(53)41-39-37-35-33-31-29-26-21-19-17-15-13-11-9-7-2/h9,11,13,15,17,19,21,23-24,26,46-47H,6-8,10,12,14,16,18,20,22,25,27-45H2,1-5H3/b11-9+,15-13+,19-17+,24-23+,26-21+. The molecule has 334 valence electrons. The quantitative estimate of drug-likeness (QED) is 0.0199. The zero-order chi connectivity index (χ0) is 42.8. The van der Waals surface area contributed by atoms with Crippen molar-refractivity contribution in [3.8, 4) is 0 Å². The number of unbranched alkanes of at least 4 members (excludes halogenated alkanes) is 20. The summed E-state index contributed by atoms with van der Waals surface area (Å²) in [6, 6.07) is -0.733. The van der Waals surface area contributed by atoms with Gasteiger partial charge in [0.1, 0.15) is 12.6 Å². The van der Waals surface area contributed by atoms with Crippen molar-refractivity contribution in [1.29, 1.82) is 0 Å². The average molecular weight is 814 g/mol. The average Bonchev–Trinajstić information content (AvgIpc) is 3.18. The Morgan fingerprint density at radius 3 is 1.48 bits per heavy atom. The summed E-state index contributed by atoms with van der Waals surface area (Å²) >= 11 is 0. The zero-order valence-corrected chi connectivity index (χ0v) is 37.9. The van der Waals surface area contributed by atoms with Crippen molar-refractivity contribution in [3.05, 3.63) is 60.8 Å². The first-order valence-electron chi connectivity index (χ1n) is 23.4. The summed E-state index contributed by atoms with van der Waals surface area (Å²) in [7, 11) is 5.39. The number of allylic oxidation sites excluding steroid dienone is 10. The van der Waals surface area contributed by atoms with E-state index in [0.29, 0.717) is 12.8 Å². The molecule has 2 unspecified atom stereocenters. The first-order chi connectivity index (χ1) is 28.1. The van der Waals surface area contributed by atoms with Crippen molar-refractivity contribution in [2.45, 2.75) is 199 Å². The number of aliphatic carboxylic acids is 1. The highest BCUT2D eigenvalue weighted by Gasteiger charge is 2.25. The Balaban J connectivity index is 4.33. The molecule has 0 rings (SSSR count). The molecule has 0 amide bonds. The van der Waals surface area contributed by atoms with Gasteiger partial charge in [0.15, 0.2) is 6.10 Å². The molecule has 0 spiro atoms. The second kappa shape index (κ2) is 40.8. The number of rotatable bonds is 41. The summed E-state index contributed by atoms with van der Waals surface area (Å²) in [5.74, 6) is -1.77. The molecule has 0 aromatic heterocycles. The number of ether oxygens (including phenoxy) is 3. The minimum absolute atomic E-state index is 0.0277. The van der Waals surface area contributed by atoms with E-state index in [-0.39, 0.29) is 42.7 Å². The van der Waals surface area contributed by atoms with Crippen molar-refractivity contribution in [3.63, 3.8) is 0 Å². The molecule has 0 bridgehead atoms. The Bertz CT molecular complexity index is 1130. The minimum Gasteiger partial charge on any atom is -0.544 e. The van der Waals surface area contributed by atoms with E-state index in [1.54, 1.807) is 21.1 Å². The molecule has 0 aromatic carbocycles. The summed E-state index contributed by atoms with van der Waals surface area (Å²) in [5.41, 5.74) is 0. The predicted octanol–water partition coefficient (Wildman–Crippen LogP) is 11.6. The first kappa shape index (κ1) is 55.0. The van der Waals surface area contributed by atoms with Gasteiger partial charge in [-0.2, -0.15) is 0 Å². The number of carboxylic acid groups (broad SMARTS) is 1. The lowest BCUT2D eigenvalue weighted by molar-refractivity contribution is -0.889. The van der Waals surface area contributed by atoms with Gasteiger partial charge in [-0.1, -0.05) is 171 Å². The minimum atomic E-state index is -1.13. The Morgan fingerprint density at radius 2 is 0.983 bits per heavy atom. The molecular weight excluding hydrogens is 727 g/mol. The number of quaternary nitrogens is 1. The molecule has 0 saturated carbocycles. The van der Waals surface area contributed by atoms with Gasteiger partial charge in [0.25, 0.3) is 0 Å². The van der Waals surface area contributed by atoms with Gasteiger partial charge in [0.05, 0.1) is 40.3 Å². The number of esters is 2. The lowest BCUT2D eigenvalue weighted by Gasteiger charge is -2.34. The van der Waals surface area contributed by atoms with E-state index < -0.39 is 18.1 Å². The monoisotopic (exact) mass is 814 g/mol. The summed E-state index contributed by atoms with van der Waals surface area (Å²) < 4.78 is 17.2. The maximum atomic E-state index is 12.7. The third-order valence-corrected chi connectivity index (χ3v) is 10.2. The van der Waals surface area contributed by atoms with Crippen LogP contribution in [0.5, 0.6) is 0 Å². The van der Waals surface area contributed by atoms with Gasteiger partial charge >= 0.3 is 11.9 Å². The van der Waals surface area contributed by atoms with E-state index in [4.69, 9.17) is 14.2 Å². The summed E-state index contributed by atoms with van der Waals surface area (Å²) in [6.07, 6.45) is 49.6. The van der Waals surface area contributed by atoms with Gasteiger partial charge in [-0.15, -0.1) is 0 Å². The van der Waals surface area contributed by atoms with Crippen LogP contribution in [0.1, 0.15) is 187 Å². The van der Waals surface area contributed by atoms with Crippen LogP contribution in [-0.4, -0.2) is 75.5 Å². The number of hydrogen-bond acceptors (Lipinski definition) is 7. The number of carbonyl (C=O) groups excluding carboxylic acids is 3. The molecule has 0 saturated heterocycles. The molecule has 0 heterocycles. The maximum absolute atomic E-state index is 12.7. The van der Waals surface area contributed by atoms with Gasteiger partial charge in [-0.3, -0.25) is 9.59 Å². The van der Waals surface area contributed by atoms with Crippen LogP contribution in [0.15, 0.2) is 60.8 Å². The van der Waals surface area contributed by atoms with Crippen molar-refractivity contribution in [2.24, 2.45) is 0 Å². The van der Waals surface area contributed by atoms with Crippen LogP contribution < -0.4 is 5.11 Å². The highest BCUT2D eigenvalue weighted by atomic mass is 16.6. The van der Waals surface area contributed by atoms with Crippen LogP contribution in [0, 0.1) is 0 Å². The number of nitrogens with zero attached hydrogens (tertiary/aromatic N) is 1. The van der Waals surface area contributed by atoms with E-state index in [0.717, 1.165) is 64.2 Å². The topological polar surface area (TPSA) is 102 Å². The molecule has 0 radical (unpaired) electrons. The van der Waals surface area contributed by atoms with E-state index in [2.05, 4.69) is 44.2 Å². The van der Waals surface area contributed by atoms with E-state index in [1.807, 2.05) is 30.4 Å². The molecule has 0 aromatic rings. The highest BCUT2D eigenvalue weighted by molar-refractivity contribution is 5.70. The molecular formula is C50H87NO7. The number of hydrogen-bond donors (Lipinski definition) is 0. The van der Waals surface area contributed by atoms with Gasteiger partial charge in [-0.05, 0) is 57.8 Å². The smallest absolute Gasteiger partial charge is 0.306 e. The maximum Gasteiger partial charge on any atom is 0.306 e. The molecule has 0 aliphatic carbocycles. The van der Waals surface area contributed by atoms with Gasteiger partial charge in [-0.25, -0.2) is 0 Å². The van der Waals surface area contributed by atoms with Crippen molar-refractivity contribution < 1.29 is 38.2 Å². The third-order valence-electron chi connectivity index (χ3n) is 10.2. The molecule has 8 heteroatoms. The Morgan fingerprint density at radius 1 is 0.534 bits per heavy atom. The molecule has 0 fully saturated rings. The Labute approximate surface area is 356 Å². The summed E-state index contributed by atoms with van der Waals surface area (Å²) in [5, 5.41) is 11.6. The fourth-order valence-electron chi connectivity index (χ4n) is 6.61. The summed E-state index contributed by atoms with van der Waals surface area (Å²) in [4.78, 5) is 36.9. The lowest BCUT2D eigenvalue weighted by atomic mass is 10.1. The predicted molar refractivity (Wildman–Crippen MR) is 240 cm³/mol. The first-order valence-corrected chi connectivity index (χ1v) is 23.4. The van der Waals surface area contributed by atoms with Crippen LogP contribution in [0.2, 0.25) is 0 Å². The highest BCUT2D eigenvalue weighted by Crippen LogP contribution is 2.14. The van der Waals surface area contributed by atoms with Gasteiger partial charge < -0.3 is 28.6 Å². The Hall–Kier alpha value is -2.97. The molecule has 0 aliphatic heterocycles. The van der Waals surface area contributed by atoms with Crippen molar-refractivity contribution >= 4 is 17.9 Å². The molecule has 0 aliphatic rings. The largest absolute Gasteiger partial charge is 0.544 e. The molecule has 8 nitrogen and oxygen atoms in total. The van der Waals surface area contributed by atoms with Crippen LogP contribution in [0.4, 0.5) is 0 Å². The second-order valence-corrected chi connectivity index (χ2v) is 16.7. The number of likely N-dealkylation sites (N-methyl/N-ethyl adjacent to an activating group) is 1. The number of carbonyl (C=O) groups is 3. The van der Waals surface area contributed by atoms with E-state index in [9.17, 15) is 19.5 Å². The second-order valence-electron chi connectivity index (χ2n) is 16.7. The zero-order valence-electron chi connectivity index (χ0n) is 37.9. The Kier molecular flexibility index (Phi) is 38.7. The van der Waals surface area contributed by atoms with Crippen LogP contribution in [0.3, 0.4) is 0 Å².